The Kier molecular flexibility index (Phi) is 2.79. The van der Waals surface area contributed by atoms with Gasteiger partial charge >= 0.3 is 0 Å². The maximum absolute atomic E-state index is 13.8. The van der Waals surface area contributed by atoms with Crippen LogP contribution in [0.3, 0.4) is 0 Å². The van der Waals surface area contributed by atoms with Crippen molar-refractivity contribution in [3.05, 3.63) is 57.5 Å². The van der Waals surface area contributed by atoms with Crippen molar-refractivity contribution in [3.63, 3.8) is 0 Å². The molecule has 1 heterocycles. The summed E-state index contributed by atoms with van der Waals surface area (Å²) in [5.41, 5.74) is 0.750. The Morgan fingerprint density at radius 2 is 1.82 bits per heavy atom. The van der Waals surface area contributed by atoms with Gasteiger partial charge < -0.3 is 4.98 Å². The molecule has 4 heteroatoms. The van der Waals surface area contributed by atoms with Crippen LogP contribution in [0.2, 0.25) is 0 Å². The first-order valence-electron chi connectivity index (χ1n) is 5.15. The molecular weight excluding hydrogens is 224 g/mol. The van der Waals surface area contributed by atoms with Gasteiger partial charge in [0.05, 0.1) is 5.56 Å². The van der Waals surface area contributed by atoms with E-state index in [-0.39, 0.29) is 11.1 Å². The zero-order valence-electron chi connectivity index (χ0n) is 9.47. The monoisotopic (exact) mass is 235 g/mol. The van der Waals surface area contributed by atoms with Gasteiger partial charge in [-0.2, -0.15) is 0 Å². The summed E-state index contributed by atoms with van der Waals surface area (Å²) in [7, 11) is 0. The van der Waals surface area contributed by atoms with Gasteiger partial charge in [0.25, 0.3) is 5.56 Å². The van der Waals surface area contributed by atoms with Gasteiger partial charge in [0, 0.05) is 17.3 Å². The third kappa shape index (κ3) is 1.98. The first-order valence-corrected chi connectivity index (χ1v) is 5.15. The fourth-order valence-corrected chi connectivity index (χ4v) is 1.66. The van der Waals surface area contributed by atoms with Crippen molar-refractivity contribution < 1.29 is 8.78 Å². The summed E-state index contributed by atoms with van der Waals surface area (Å²) >= 11 is 0. The fraction of sp³-hybridized carbons (Fsp3) is 0.154. The third-order valence-electron chi connectivity index (χ3n) is 2.66. The van der Waals surface area contributed by atoms with E-state index in [1.165, 1.54) is 24.4 Å². The molecule has 0 saturated carbocycles. The zero-order chi connectivity index (χ0) is 12.6. The van der Waals surface area contributed by atoms with E-state index in [1.54, 1.807) is 13.8 Å². The lowest BCUT2D eigenvalue weighted by atomic mass is 10.0. The topological polar surface area (TPSA) is 32.9 Å². The van der Waals surface area contributed by atoms with Crippen LogP contribution in [-0.2, 0) is 0 Å². The van der Waals surface area contributed by atoms with Crippen LogP contribution in [-0.4, -0.2) is 4.98 Å². The second kappa shape index (κ2) is 4.13. The molecular formula is C13H11F2NO. The minimum Gasteiger partial charge on any atom is -0.328 e. The number of rotatable bonds is 1. The summed E-state index contributed by atoms with van der Waals surface area (Å²) in [5.74, 6) is -1.24. The highest BCUT2D eigenvalue weighted by molar-refractivity contribution is 5.65. The van der Waals surface area contributed by atoms with E-state index >= 15 is 0 Å². The summed E-state index contributed by atoms with van der Waals surface area (Å²) in [6.07, 6.45) is 1.32. The van der Waals surface area contributed by atoms with Crippen molar-refractivity contribution in [2.45, 2.75) is 13.8 Å². The second-order valence-electron chi connectivity index (χ2n) is 3.95. The summed E-state index contributed by atoms with van der Waals surface area (Å²) in [6.45, 7) is 3.16. The Morgan fingerprint density at radius 1 is 1.12 bits per heavy atom. The number of aromatic amines is 1. The molecule has 2 rings (SSSR count). The predicted molar refractivity (Wildman–Crippen MR) is 61.9 cm³/mol. The van der Waals surface area contributed by atoms with Gasteiger partial charge in [0.1, 0.15) is 11.6 Å². The Bertz CT molecular complexity index is 632. The van der Waals surface area contributed by atoms with E-state index in [2.05, 4.69) is 4.98 Å². The highest BCUT2D eigenvalue weighted by Gasteiger charge is 2.14. The average molecular weight is 235 g/mol. The van der Waals surface area contributed by atoms with Gasteiger partial charge in [-0.25, -0.2) is 8.78 Å². The van der Waals surface area contributed by atoms with Crippen molar-refractivity contribution >= 4 is 0 Å². The van der Waals surface area contributed by atoms with Crippen LogP contribution >= 0.6 is 0 Å². The molecule has 0 aliphatic heterocycles. The number of hydrogen-bond acceptors (Lipinski definition) is 1. The maximum atomic E-state index is 13.8. The lowest BCUT2D eigenvalue weighted by molar-refractivity contribution is 0.583. The van der Waals surface area contributed by atoms with E-state index in [9.17, 15) is 13.6 Å². The smallest absolute Gasteiger partial charge is 0.250 e. The number of benzene rings is 1. The second-order valence-corrected chi connectivity index (χ2v) is 3.95. The molecule has 0 atom stereocenters. The van der Waals surface area contributed by atoms with Crippen LogP contribution in [0.4, 0.5) is 8.78 Å². The van der Waals surface area contributed by atoms with Gasteiger partial charge in [-0.3, -0.25) is 4.79 Å². The summed E-state index contributed by atoms with van der Waals surface area (Å²) in [4.78, 5) is 13.6. The van der Waals surface area contributed by atoms with E-state index in [1.807, 2.05) is 0 Å². The number of halogens is 2. The number of hydrogen-bond donors (Lipinski definition) is 1. The van der Waals surface area contributed by atoms with E-state index < -0.39 is 11.6 Å². The Balaban J connectivity index is 2.72. The van der Waals surface area contributed by atoms with Crippen LogP contribution in [0, 0.1) is 25.5 Å². The third-order valence-corrected chi connectivity index (χ3v) is 2.66. The van der Waals surface area contributed by atoms with E-state index in [0.717, 1.165) is 0 Å². The number of aromatic nitrogens is 1. The number of H-pyrrole nitrogens is 1. The zero-order valence-corrected chi connectivity index (χ0v) is 9.47. The SMILES string of the molecule is Cc1ccc(F)c(-c2c[nH]c(=O)c(C)c2)c1F. The standard InChI is InChI=1S/C13H11F2NO/c1-7-3-4-10(14)11(12(7)15)9-5-8(2)13(17)16-6-9/h3-6H,1-2H3,(H,16,17). The van der Waals surface area contributed by atoms with E-state index in [4.69, 9.17) is 0 Å². The minimum absolute atomic E-state index is 0.107. The molecule has 0 aliphatic rings. The molecule has 1 aromatic carbocycles. The molecule has 0 unspecified atom stereocenters. The van der Waals surface area contributed by atoms with E-state index in [0.29, 0.717) is 16.7 Å². The van der Waals surface area contributed by atoms with Gasteiger partial charge in [-0.15, -0.1) is 0 Å². The summed E-state index contributed by atoms with van der Waals surface area (Å²) in [6, 6.07) is 4.07. The maximum Gasteiger partial charge on any atom is 0.250 e. The van der Waals surface area contributed by atoms with Crippen molar-refractivity contribution in [1.29, 1.82) is 0 Å². The largest absolute Gasteiger partial charge is 0.328 e. The molecule has 2 nitrogen and oxygen atoms in total. The number of nitrogens with one attached hydrogen (secondary N) is 1. The quantitative estimate of drug-likeness (QED) is 0.809. The molecule has 1 aromatic heterocycles. The molecule has 0 radical (unpaired) electrons. The lowest BCUT2D eigenvalue weighted by Gasteiger charge is -2.07. The van der Waals surface area contributed by atoms with Crippen molar-refractivity contribution in [2.24, 2.45) is 0 Å². The van der Waals surface area contributed by atoms with Crippen LogP contribution in [0.5, 0.6) is 0 Å². The molecule has 0 bridgehead atoms. The minimum atomic E-state index is -0.639. The van der Waals surface area contributed by atoms with Gasteiger partial charge in [0.15, 0.2) is 0 Å². The fourth-order valence-electron chi connectivity index (χ4n) is 1.66. The Labute approximate surface area is 96.9 Å². The first kappa shape index (κ1) is 11.5. The average Bonchev–Trinajstić information content (AvgIpc) is 2.29. The highest BCUT2D eigenvalue weighted by Crippen LogP contribution is 2.27. The van der Waals surface area contributed by atoms with Crippen LogP contribution in [0.1, 0.15) is 11.1 Å². The van der Waals surface area contributed by atoms with Crippen LogP contribution < -0.4 is 5.56 Å². The molecule has 0 saturated heterocycles. The molecule has 2 aromatic rings. The molecule has 0 fully saturated rings. The van der Waals surface area contributed by atoms with Gasteiger partial charge in [-0.05, 0) is 31.5 Å². The molecule has 17 heavy (non-hydrogen) atoms. The first-order chi connectivity index (χ1) is 8.00. The normalized spacial score (nSPS) is 10.6. The molecule has 0 amide bonds. The predicted octanol–water partition coefficient (Wildman–Crippen LogP) is 2.94. The summed E-state index contributed by atoms with van der Waals surface area (Å²) in [5, 5.41) is 0. The molecule has 0 spiro atoms. The molecule has 1 N–H and O–H groups in total. The lowest BCUT2D eigenvalue weighted by Crippen LogP contribution is -2.08. The molecule has 0 aliphatic carbocycles. The van der Waals surface area contributed by atoms with Crippen molar-refractivity contribution in [3.8, 4) is 11.1 Å². The Morgan fingerprint density at radius 3 is 2.47 bits per heavy atom. The summed E-state index contributed by atoms with van der Waals surface area (Å²) < 4.78 is 27.5. The van der Waals surface area contributed by atoms with Crippen LogP contribution in [0.25, 0.3) is 11.1 Å². The number of pyridine rings is 1. The highest BCUT2D eigenvalue weighted by atomic mass is 19.1. The number of aryl methyl sites for hydroxylation is 2. The van der Waals surface area contributed by atoms with Gasteiger partial charge in [0.2, 0.25) is 0 Å². The van der Waals surface area contributed by atoms with Gasteiger partial charge in [-0.1, -0.05) is 6.07 Å². The van der Waals surface area contributed by atoms with Crippen LogP contribution in [0.15, 0.2) is 29.2 Å². The van der Waals surface area contributed by atoms with Crippen molar-refractivity contribution in [2.75, 3.05) is 0 Å². The molecule has 88 valence electrons. The Hall–Kier alpha value is -1.97. The van der Waals surface area contributed by atoms with Crippen molar-refractivity contribution in [1.82, 2.24) is 4.98 Å².